The minimum Gasteiger partial charge on any atom is -0.385 e. The van der Waals surface area contributed by atoms with E-state index in [0.29, 0.717) is 13.0 Å². The van der Waals surface area contributed by atoms with Gasteiger partial charge < -0.3 is 9.84 Å². The summed E-state index contributed by atoms with van der Waals surface area (Å²) in [6.45, 7) is 3.76. The molecule has 0 spiro atoms. The highest BCUT2D eigenvalue weighted by Gasteiger charge is 2.39. The van der Waals surface area contributed by atoms with E-state index < -0.39 is 23.3 Å². The van der Waals surface area contributed by atoms with Gasteiger partial charge in [0.1, 0.15) is 17.7 Å². The molecule has 4 heteroatoms. The average molecular weight is 242 g/mol. The summed E-state index contributed by atoms with van der Waals surface area (Å²) >= 11 is 0. The third-order valence-electron chi connectivity index (χ3n) is 3.40. The largest absolute Gasteiger partial charge is 0.385 e. The van der Waals surface area contributed by atoms with Gasteiger partial charge in [0.2, 0.25) is 0 Å². The maximum atomic E-state index is 13.7. The molecule has 2 nitrogen and oxygen atoms in total. The molecule has 1 aliphatic heterocycles. The second-order valence-corrected chi connectivity index (χ2v) is 4.79. The molecule has 0 aromatic heterocycles. The zero-order valence-corrected chi connectivity index (χ0v) is 9.96. The Morgan fingerprint density at radius 2 is 2.06 bits per heavy atom. The summed E-state index contributed by atoms with van der Waals surface area (Å²) in [5, 5.41) is 10.1. The number of halogens is 2. The van der Waals surface area contributed by atoms with Crippen LogP contribution in [0.15, 0.2) is 12.1 Å². The van der Waals surface area contributed by atoms with E-state index in [0.717, 1.165) is 18.6 Å². The van der Waals surface area contributed by atoms with Crippen LogP contribution in [0.4, 0.5) is 8.78 Å². The zero-order valence-electron chi connectivity index (χ0n) is 9.96. The van der Waals surface area contributed by atoms with E-state index >= 15 is 0 Å². The second kappa shape index (κ2) is 4.35. The first kappa shape index (κ1) is 12.5. The van der Waals surface area contributed by atoms with E-state index in [9.17, 15) is 13.9 Å². The molecule has 0 bridgehead atoms. The minimum atomic E-state index is -1.14. The molecule has 1 saturated heterocycles. The number of aliphatic hydroxyl groups excluding tert-OH is 1. The molecule has 1 heterocycles. The normalized spacial score (nSPS) is 26.2. The molecule has 0 radical (unpaired) electrons. The van der Waals surface area contributed by atoms with Crippen molar-refractivity contribution < 1.29 is 18.6 Å². The Kier molecular flexibility index (Phi) is 3.19. The van der Waals surface area contributed by atoms with Gasteiger partial charge in [0.05, 0.1) is 5.60 Å². The third kappa shape index (κ3) is 2.19. The molecule has 0 aliphatic carbocycles. The maximum Gasteiger partial charge on any atom is 0.129 e. The molecule has 17 heavy (non-hydrogen) atoms. The number of hydrogen-bond donors (Lipinski definition) is 1. The Balaban J connectivity index is 2.36. The van der Waals surface area contributed by atoms with E-state index in [-0.39, 0.29) is 11.1 Å². The highest BCUT2D eigenvalue weighted by molar-refractivity contribution is 5.28. The number of benzene rings is 1. The van der Waals surface area contributed by atoms with Crippen molar-refractivity contribution in [1.29, 1.82) is 0 Å². The fourth-order valence-electron chi connectivity index (χ4n) is 2.22. The van der Waals surface area contributed by atoms with Gasteiger partial charge in [-0.2, -0.15) is 0 Å². The number of rotatable bonds is 2. The molecule has 0 amide bonds. The number of aryl methyl sites for hydroxylation is 1. The molecule has 94 valence electrons. The molecule has 1 fully saturated rings. The molecule has 2 rings (SSSR count). The Labute approximate surface area is 99.2 Å². The van der Waals surface area contributed by atoms with Gasteiger partial charge in [-0.15, -0.1) is 0 Å². The lowest BCUT2D eigenvalue weighted by Crippen LogP contribution is -2.32. The van der Waals surface area contributed by atoms with Crippen LogP contribution in [0.2, 0.25) is 0 Å². The smallest absolute Gasteiger partial charge is 0.129 e. The minimum absolute atomic E-state index is 0.0301. The van der Waals surface area contributed by atoms with Gasteiger partial charge in [-0.3, -0.25) is 0 Å². The molecule has 1 N–H and O–H groups in total. The first-order valence-corrected chi connectivity index (χ1v) is 5.71. The molecule has 1 aromatic rings. The molecule has 0 saturated carbocycles. The first-order valence-electron chi connectivity index (χ1n) is 5.71. The van der Waals surface area contributed by atoms with E-state index in [1.54, 1.807) is 6.92 Å². The van der Waals surface area contributed by atoms with Gasteiger partial charge in [-0.1, -0.05) is 0 Å². The van der Waals surface area contributed by atoms with Gasteiger partial charge >= 0.3 is 0 Å². The molecule has 2 unspecified atom stereocenters. The van der Waals surface area contributed by atoms with Gasteiger partial charge in [0.25, 0.3) is 0 Å². The van der Waals surface area contributed by atoms with Crippen molar-refractivity contribution >= 4 is 0 Å². The van der Waals surface area contributed by atoms with Gasteiger partial charge in [0, 0.05) is 12.2 Å². The number of hydrogen-bond acceptors (Lipinski definition) is 2. The predicted molar refractivity (Wildman–Crippen MR) is 59.6 cm³/mol. The summed E-state index contributed by atoms with van der Waals surface area (Å²) in [5.41, 5.74) is -0.615. The standard InChI is InChI=1S/C13H16F2O2/c1-8-6-11(15)9(7-10(8)14)12(16)13(2)4-3-5-17-13/h6-7,12,16H,3-5H2,1-2H3. The molecular formula is C13H16F2O2. The predicted octanol–water partition coefficient (Wildman–Crippen LogP) is 2.88. The van der Waals surface area contributed by atoms with Gasteiger partial charge in [-0.25, -0.2) is 8.78 Å². The van der Waals surface area contributed by atoms with Crippen LogP contribution in [-0.4, -0.2) is 17.3 Å². The number of aliphatic hydroxyl groups is 1. The average Bonchev–Trinajstić information content (AvgIpc) is 2.71. The summed E-state index contributed by atoms with van der Waals surface area (Å²) in [7, 11) is 0. The summed E-state index contributed by atoms with van der Waals surface area (Å²) in [4.78, 5) is 0. The van der Waals surface area contributed by atoms with Crippen molar-refractivity contribution in [2.75, 3.05) is 6.61 Å². The van der Waals surface area contributed by atoms with Gasteiger partial charge in [-0.05, 0) is 44.4 Å². The van der Waals surface area contributed by atoms with Crippen molar-refractivity contribution in [3.05, 3.63) is 34.9 Å². The summed E-state index contributed by atoms with van der Waals surface area (Å²) in [6.07, 6.45) is 0.326. The fraction of sp³-hybridized carbons (Fsp3) is 0.538. The lowest BCUT2D eigenvalue weighted by Gasteiger charge is -2.29. The number of ether oxygens (including phenoxy) is 1. The lowest BCUT2D eigenvalue weighted by atomic mass is 9.89. The van der Waals surface area contributed by atoms with E-state index in [4.69, 9.17) is 4.74 Å². The quantitative estimate of drug-likeness (QED) is 0.864. The van der Waals surface area contributed by atoms with Crippen LogP contribution in [-0.2, 0) is 4.74 Å². The Hall–Kier alpha value is -1.00. The van der Waals surface area contributed by atoms with E-state index in [2.05, 4.69) is 0 Å². The maximum absolute atomic E-state index is 13.7. The molecular weight excluding hydrogens is 226 g/mol. The third-order valence-corrected chi connectivity index (χ3v) is 3.40. The monoisotopic (exact) mass is 242 g/mol. The molecule has 2 atom stereocenters. The van der Waals surface area contributed by atoms with Crippen molar-refractivity contribution in [2.24, 2.45) is 0 Å². The van der Waals surface area contributed by atoms with Gasteiger partial charge in [0.15, 0.2) is 0 Å². The van der Waals surface area contributed by atoms with Crippen molar-refractivity contribution in [1.82, 2.24) is 0 Å². The topological polar surface area (TPSA) is 29.5 Å². The van der Waals surface area contributed by atoms with Crippen LogP contribution < -0.4 is 0 Å². The van der Waals surface area contributed by atoms with Crippen LogP contribution in [0, 0.1) is 18.6 Å². The summed E-state index contributed by atoms with van der Waals surface area (Å²) in [6, 6.07) is 2.16. The molecule has 1 aliphatic rings. The second-order valence-electron chi connectivity index (χ2n) is 4.79. The van der Waals surface area contributed by atoms with E-state index in [1.165, 1.54) is 6.92 Å². The molecule has 1 aromatic carbocycles. The van der Waals surface area contributed by atoms with Crippen LogP contribution in [0.5, 0.6) is 0 Å². The van der Waals surface area contributed by atoms with Crippen LogP contribution in [0.3, 0.4) is 0 Å². The first-order chi connectivity index (χ1) is 7.94. The summed E-state index contributed by atoms with van der Waals surface area (Å²) in [5.74, 6) is -1.10. The fourth-order valence-corrected chi connectivity index (χ4v) is 2.22. The van der Waals surface area contributed by atoms with Crippen molar-refractivity contribution in [3.63, 3.8) is 0 Å². The highest BCUT2D eigenvalue weighted by atomic mass is 19.1. The summed E-state index contributed by atoms with van der Waals surface area (Å²) < 4.78 is 32.6. The highest BCUT2D eigenvalue weighted by Crippen LogP contribution is 2.38. The zero-order chi connectivity index (χ0) is 12.6. The Morgan fingerprint density at radius 1 is 1.35 bits per heavy atom. The Morgan fingerprint density at radius 3 is 2.65 bits per heavy atom. The van der Waals surface area contributed by atoms with Crippen LogP contribution >= 0.6 is 0 Å². The van der Waals surface area contributed by atoms with Crippen LogP contribution in [0.25, 0.3) is 0 Å². The van der Waals surface area contributed by atoms with Crippen molar-refractivity contribution in [3.8, 4) is 0 Å². The SMILES string of the molecule is Cc1cc(F)c(C(O)C2(C)CCCO2)cc1F. The van der Waals surface area contributed by atoms with E-state index in [1.807, 2.05) is 0 Å². The van der Waals surface area contributed by atoms with Crippen molar-refractivity contribution in [2.45, 2.75) is 38.4 Å². The lowest BCUT2D eigenvalue weighted by molar-refractivity contribution is -0.0809. The Bertz CT molecular complexity index is 426. The van der Waals surface area contributed by atoms with Crippen LogP contribution in [0.1, 0.15) is 37.0 Å².